The van der Waals surface area contributed by atoms with Crippen LogP contribution < -0.4 is 5.32 Å². The smallest absolute Gasteiger partial charge is 0.254 e. The highest BCUT2D eigenvalue weighted by atomic mass is 16.2. The van der Waals surface area contributed by atoms with E-state index in [1.54, 1.807) is 0 Å². The SMILES string of the molecule is Cc1ccc(-c2ccc(C(=O)N(C)C(C)(c3cccc4ccccc34)C3CCCCNC3)cc2)cc1. The average molecular weight is 477 g/mol. The molecule has 0 bridgehead atoms. The third-order valence-corrected chi connectivity index (χ3v) is 8.19. The zero-order valence-corrected chi connectivity index (χ0v) is 21.6. The van der Waals surface area contributed by atoms with Gasteiger partial charge in [-0.25, -0.2) is 0 Å². The summed E-state index contributed by atoms with van der Waals surface area (Å²) < 4.78 is 0. The normalized spacial score (nSPS) is 17.8. The Hall–Kier alpha value is -3.43. The number of fused-ring (bicyclic) bond motifs is 1. The fourth-order valence-corrected chi connectivity index (χ4v) is 5.80. The lowest BCUT2D eigenvalue weighted by Gasteiger charge is -2.46. The Bertz CT molecular complexity index is 1330. The fourth-order valence-electron chi connectivity index (χ4n) is 5.80. The molecule has 1 amide bonds. The maximum absolute atomic E-state index is 14.0. The zero-order valence-electron chi connectivity index (χ0n) is 21.6. The minimum absolute atomic E-state index is 0.0603. The van der Waals surface area contributed by atoms with Gasteiger partial charge in [0.25, 0.3) is 5.91 Å². The van der Waals surface area contributed by atoms with E-state index < -0.39 is 5.54 Å². The van der Waals surface area contributed by atoms with Crippen LogP contribution in [-0.4, -0.2) is 30.9 Å². The van der Waals surface area contributed by atoms with Crippen LogP contribution >= 0.6 is 0 Å². The summed E-state index contributed by atoms with van der Waals surface area (Å²) in [5, 5.41) is 6.08. The minimum atomic E-state index is -0.453. The second-order valence-corrected chi connectivity index (χ2v) is 10.4. The van der Waals surface area contributed by atoms with Crippen molar-refractivity contribution >= 4 is 16.7 Å². The Kier molecular flexibility index (Phi) is 6.93. The van der Waals surface area contributed by atoms with Crippen LogP contribution in [0.25, 0.3) is 21.9 Å². The second kappa shape index (κ2) is 10.3. The van der Waals surface area contributed by atoms with Crippen LogP contribution in [0.1, 0.15) is 47.7 Å². The van der Waals surface area contributed by atoms with E-state index in [0.717, 1.165) is 36.2 Å². The Morgan fingerprint density at radius 2 is 1.53 bits per heavy atom. The van der Waals surface area contributed by atoms with Crippen LogP contribution in [0.2, 0.25) is 0 Å². The van der Waals surface area contributed by atoms with Gasteiger partial charge < -0.3 is 10.2 Å². The lowest BCUT2D eigenvalue weighted by molar-refractivity contribution is 0.0405. The summed E-state index contributed by atoms with van der Waals surface area (Å²) in [4.78, 5) is 16.0. The molecule has 36 heavy (non-hydrogen) atoms. The number of hydrogen-bond acceptors (Lipinski definition) is 2. The highest BCUT2D eigenvalue weighted by molar-refractivity contribution is 5.96. The van der Waals surface area contributed by atoms with Gasteiger partial charge in [-0.3, -0.25) is 4.79 Å². The number of nitrogens with zero attached hydrogens (tertiary/aromatic N) is 1. The molecule has 2 unspecified atom stereocenters. The van der Waals surface area contributed by atoms with Gasteiger partial charge in [-0.1, -0.05) is 90.8 Å². The summed E-state index contributed by atoms with van der Waals surface area (Å²) >= 11 is 0. The van der Waals surface area contributed by atoms with Crippen LogP contribution in [0, 0.1) is 12.8 Å². The summed E-state index contributed by atoms with van der Waals surface area (Å²) in [7, 11) is 1.99. The van der Waals surface area contributed by atoms with Gasteiger partial charge in [-0.15, -0.1) is 0 Å². The van der Waals surface area contributed by atoms with Gasteiger partial charge in [0.15, 0.2) is 0 Å². The number of hydrogen-bond donors (Lipinski definition) is 1. The first kappa shape index (κ1) is 24.3. The first-order chi connectivity index (χ1) is 17.5. The van der Waals surface area contributed by atoms with Gasteiger partial charge >= 0.3 is 0 Å². The molecule has 1 heterocycles. The molecule has 3 nitrogen and oxygen atoms in total. The number of aryl methyl sites for hydroxylation is 1. The van der Waals surface area contributed by atoms with E-state index in [9.17, 15) is 4.79 Å². The third kappa shape index (κ3) is 4.56. The van der Waals surface area contributed by atoms with Crippen molar-refractivity contribution in [1.82, 2.24) is 10.2 Å². The van der Waals surface area contributed by atoms with E-state index in [1.807, 2.05) is 24.1 Å². The highest BCUT2D eigenvalue weighted by Gasteiger charge is 2.43. The molecule has 3 heteroatoms. The topological polar surface area (TPSA) is 32.3 Å². The molecule has 184 valence electrons. The molecular formula is C33H36N2O. The summed E-state index contributed by atoms with van der Waals surface area (Å²) in [5.41, 5.74) is 5.03. The summed E-state index contributed by atoms with van der Waals surface area (Å²) in [6.45, 7) is 6.31. The van der Waals surface area contributed by atoms with Crippen LogP contribution in [0.5, 0.6) is 0 Å². The molecule has 1 saturated heterocycles. The summed E-state index contributed by atoms with van der Waals surface area (Å²) in [6, 6.07) is 31.7. The largest absolute Gasteiger partial charge is 0.332 e. The quantitative estimate of drug-likeness (QED) is 0.330. The van der Waals surface area contributed by atoms with Gasteiger partial charge in [0, 0.05) is 19.2 Å². The predicted octanol–water partition coefficient (Wildman–Crippen LogP) is 7.19. The molecule has 2 atom stereocenters. The number of carbonyl (C=O) groups is 1. The Labute approximate surface area is 215 Å². The van der Waals surface area contributed by atoms with Crippen molar-refractivity contribution in [3.8, 4) is 11.1 Å². The number of nitrogens with one attached hydrogen (secondary N) is 1. The number of carbonyl (C=O) groups excluding carboxylic acids is 1. The molecular weight excluding hydrogens is 440 g/mol. The van der Waals surface area contributed by atoms with E-state index in [-0.39, 0.29) is 5.91 Å². The lowest BCUT2D eigenvalue weighted by atomic mass is 9.74. The maximum atomic E-state index is 14.0. The number of benzene rings is 4. The third-order valence-electron chi connectivity index (χ3n) is 8.19. The average Bonchev–Trinajstić information content (AvgIpc) is 3.22. The van der Waals surface area contributed by atoms with Gasteiger partial charge in [0.05, 0.1) is 5.54 Å². The lowest BCUT2D eigenvalue weighted by Crippen LogP contribution is -2.52. The van der Waals surface area contributed by atoms with Crippen molar-refractivity contribution in [3.05, 3.63) is 108 Å². The van der Waals surface area contributed by atoms with Crippen LogP contribution in [0.15, 0.2) is 91.0 Å². The number of rotatable bonds is 5. The van der Waals surface area contributed by atoms with Crippen LogP contribution in [-0.2, 0) is 5.54 Å². The molecule has 0 radical (unpaired) electrons. The molecule has 0 spiro atoms. The van der Waals surface area contributed by atoms with Crippen molar-refractivity contribution < 1.29 is 4.79 Å². The molecule has 0 aromatic heterocycles. The van der Waals surface area contributed by atoms with E-state index >= 15 is 0 Å². The molecule has 1 fully saturated rings. The fraction of sp³-hybridized carbons (Fsp3) is 0.303. The molecule has 1 aliphatic heterocycles. The predicted molar refractivity (Wildman–Crippen MR) is 150 cm³/mol. The number of amides is 1. The molecule has 1 aliphatic rings. The first-order valence-electron chi connectivity index (χ1n) is 13.1. The molecule has 4 aromatic rings. The van der Waals surface area contributed by atoms with Crippen molar-refractivity contribution in [2.24, 2.45) is 5.92 Å². The van der Waals surface area contributed by atoms with Gasteiger partial charge in [0.2, 0.25) is 0 Å². The minimum Gasteiger partial charge on any atom is -0.332 e. The molecule has 1 N–H and O–H groups in total. The Balaban J connectivity index is 1.53. The van der Waals surface area contributed by atoms with E-state index in [0.29, 0.717) is 5.92 Å². The van der Waals surface area contributed by atoms with Gasteiger partial charge in [-0.2, -0.15) is 0 Å². The zero-order chi connectivity index (χ0) is 25.1. The Morgan fingerprint density at radius 1 is 0.861 bits per heavy atom. The highest BCUT2D eigenvalue weighted by Crippen LogP contribution is 2.42. The van der Waals surface area contributed by atoms with E-state index in [4.69, 9.17) is 0 Å². The summed E-state index contributed by atoms with van der Waals surface area (Å²) in [5.74, 6) is 0.372. The Morgan fingerprint density at radius 3 is 2.28 bits per heavy atom. The van der Waals surface area contributed by atoms with Gasteiger partial charge in [0.1, 0.15) is 0 Å². The standard InChI is InChI=1S/C33H36N2O/c1-24-14-16-25(17-15-24)26-18-20-28(21-19-26)32(36)35(3)33(2,29-11-6-7-22-34-23-29)31-13-8-10-27-9-4-5-12-30(27)31/h4-5,8-10,12-21,29,34H,6-7,11,22-23H2,1-3H3. The van der Waals surface area contributed by atoms with Crippen molar-refractivity contribution in [2.45, 2.75) is 38.6 Å². The molecule has 0 aliphatic carbocycles. The molecule has 0 saturated carbocycles. The molecule has 4 aromatic carbocycles. The van der Waals surface area contributed by atoms with Crippen LogP contribution in [0.4, 0.5) is 0 Å². The first-order valence-corrected chi connectivity index (χ1v) is 13.1. The van der Waals surface area contributed by atoms with Crippen molar-refractivity contribution in [3.63, 3.8) is 0 Å². The van der Waals surface area contributed by atoms with E-state index in [1.165, 1.54) is 34.7 Å². The summed E-state index contributed by atoms with van der Waals surface area (Å²) in [6.07, 6.45) is 3.45. The monoisotopic (exact) mass is 476 g/mol. The van der Waals surface area contributed by atoms with Crippen LogP contribution in [0.3, 0.4) is 0 Å². The molecule has 5 rings (SSSR count). The van der Waals surface area contributed by atoms with Gasteiger partial charge in [-0.05, 0) is 78.7 Å². The van der Waals surface area contributed by atoms with Crippen molar-refractivity contribution in [2.75, 3.05) is 20.1 Å². The van der Waals surface area contributed by atoms with E-state index in [2.05, 4.69) is 98.0 Å². The maximum Gasteiger partial charge on any atom is 0.254 e. The second-order valence-electron chi connectivity index (χ2n) is 10.4. The van der Waals surface area contributed by atoms with Crippen molar-refractivity contribution in [1.29, 1.82) is 0 Å².